The van der Waals surface area contributed by atoms with E-state index in [1.165, 1.54) is 22.3 Å². The number of ether oxygens (including phenoxy) is 2. The lowest BCUT2D eigenvalue weighted by Crippen LogP contribution is -2.49. The van der Waals surface area contributed by atoms with E-state index in [1.54, 1.807) is 24.3 Å². The molecule has 2 aliphatic rings. The molecule has 0 radical (unpaired) electrons. The zero-order chi connectivity index (χ0) is 19.5. The van der Waals surface area contributed by atoms with Crippen molar-refractivity contribution in [2.75, 3.05) is 26.4 Å². The molecule has 3 heterocycles. The number of rotatable bonds is 5. The molecule has 0 unspecified atom stereocenters. The van der Waals surface area contributed by atoms with Gasteiger partial charge in [-0.05, 0) is 36.2 Å². The monoisotopic (exact) mass is 385 g/mol. The summed E-state index contributed by atoms with van der Waals surface area (Å²) >= 11 is 0. The van der Waals surface area contributed by atoms with E-state index in [0.717, 1.165) is 5.56 Å². The molecule has 4 rings (SSSR count). The Morgan fingerprint density at radius 3 is 2.57 bits per heavy atom. The van der Waals surface area contributed by atoms with Gasteiger partial charge in [-0.15, -0.1) is 0 Å². The molecule has 9 nitrogen and oxygen atoms in total. The van der Waals surface area contributed by atoms with E-state index in [9.17, 15) is 14.4 Å². The molecule has 9 heteroatoms. The van der Waals surface area contributed by atoms with Gasteiger partial charge >= 0.3 is 0 Å². The first-order chi connectivity index (χ1) is 13.6. The van der Waals surface area contributed by atoms with Crippen molar-refractivity contribution in [3.05, 3.63) is 47.9 Å². The van der Waals surface area contributed by atoms with Gasteiger partial charge in [0.15, 0.2) is 17.3 Å². The van der Waals surface area contributed by atoms with E-state index in [2.05, 4.69) is 5.32 Å². The largest absolute Gasteiger partial charge is 0.459 e. The lowest BCUT2D eigenvalue weighted by atomic mass is 10.1. The molecule has 2 aromatic rings. The van der Waals surface area contributed by atoms with Crippen molar-refractivity contribution in [3.8, 4) is 11.5 Å². The summed E-state index contributed by atoms with van der Waals surface area (Å²) < 4.78 is 15.6. The standard InChI is InChI=1S/C19H19N3O6/c23-17(10-13-4-5-14-16(9-13)28-12-27-14)21-6-2-7-22(21)18(24)11-20-19(25)15-3-1-8-26-15/h1,3-5,8-9H,2,6-7,10-12H2,(H,20,25). The molecule has 1 N–H and O–H groups in total. The Labute approximate surface area is 160 Å². The molecule has 3 amide bonds. The van der Waals surface area contributed by atoms with E-state index in [-0.39, 0.29) is 37.3 Å². The van der Waals surface area contributed by atoms with Gasteiger partial charge in [-0.1, -0.05) is 6.07 Å². The van der Waals surface area contributed by atoms with Crippen LogP contribution in [0.25, 0.3) is 0 Å². The molecule has 1 fully saturated rings. The van der Waals surface area contributed by atoms with Crippen molar-refractivity contribution < 1.29 is 28.3 Å². The van der Waals surface area contributed by atoms with Gasteiger partial charge in [-0.2, -0.15) is 0 Å². The molecule has 0 spiro atoms. The van der Waals surface area contributed by atoms with E-state index in [4.69, 9.17) is 13.9 Å². The number of hydrazine groups is 1. The van der Waals surface area contributed by atoms with Crippen LogP contribution in [0.4, 0.5) is 0 Å². The molecule has 146 valence electrons. The first kappa shape index (κ1) is 17.9. The highest BCUT2D eigenvalue weighted by Crippen LogP contribution is 2.32. The Morgan fingerprint density at radius 2 is 1.79 bits per heavy atom. The molecule has 0 aliphatic carbocycles. The van der Waals surface area contributed by atoms with Gasteiger partial charge in [0.05, 0.1) is 19.2 Å². The minimum atomic E-state index is -0.476. The summed E-state index contributed by atoms with van der Waals surface area (Å²) in [5.41, 5.74) is 0.777. The van der Waals surface area contributed by atoms with Crippen molar-refractivity contribution in [1.29, 1.82) is 0 Å². The van der Waals surface area contributed by atoms with Crippen LogP contribution in [0.3, 0.4) is 0 Å². The summed E-state index contributed by atoms with van der Waals surface area (Å²) in [7, 11) is 0. The first-order valence-electron chi connectivity index (χ1n) is 8.93. The van der Waals surface area contributed by atoms with Gasteiger partial charge in [0.25, 0.3) is 11.8 Å². The second-order valence-electron chi connectivity index (χ2n) is 6.41. The molecule has 0 atom stereocenters. The summed E-state index contributed by atoms with van der Waals surface area (Å²) in [4.78, 5) is 37.1. The fourth-order valence-electron chi connectivity index (χ4n) is 3.19. The second kappa shape index (κ2) is 7.63. The zero-order valence-corrected chi connectivity index (χ0v) is 15.1. The fourth-order valence-corrected chi connectivity index (χ4v) is 3.19. The average Bonchev–Trinajstić information content (AvgIpc) is 3.46. The quantitative estimate of drug-likeness (QED) is 0.823. The number of carbonyl (C=O) groups excluding carboxylic acids is 3. The Morgan fingerprint density at radius 1 is 1.00 bits per heavy atom. The smallest absolute Gasteiger partial charge is 0.287 e. The predicted molar refractivity (Wildman–Crippen MR) is 95.4 cm³/mol. The molecule has 1 aromatic heterocycles. The average molecular weight is 385 g/mol. The highest BCUT2D eigenvalue weighted by Gasteiger charge is 2.31. The van der Waals surface area contributed by atoms with Crippen LogP contribution in [0.15, 0.2) is 41.0 Å². The maximum atomic E-state index is 12.7. The van der Waals surface area contributed by atoms with Crippen LogP contribution >= 0.6 is 0 Å². The van der Waals surface area contributed by atoms with Gasteiger partial charge < -0.3 is 19.2 Å². The molecule has 0 bridgehead atoms. The summed E-state index contributed by atoms with van der Waals surface area (Å²) in [6.07, 6.45) is 2.21. The summed E-state index contributed by atoms with van der Waals surface area (Å²) in [5, 5.41) is 5.33. The molecule has 1 saturated heterocycles. The lowest BCUT2D eigenvalue weighted by Gasteiger charge is -2.28. The number of carbonyl (C=O) groups is 3. The maximum absolute atomic E-state index is 12.7. The Bertz CT molecular complexity index is 895. The Hall–Kier alpha value is -3.49. The third kappa shape index (κ3) is 3.64. The zero-order valence-electron chi connectivity index (χ0n) is 15.1. The third-order valence-electron chi connectivity index (χ3n) is 4.54. The van der Waals surface area contributed by atoms with Crippen molar-refractivity contribution in [2.45, 2.75) is 12.8 Å². The normalized spacial score (nSPS) is 15.0. The number of benzene rings is 1. The van der Waals surface area contributed by atoms with Crippen molar-refractivity contribution >= 4 is 17.7 Å². The Kier molecular flexibility index (Phi) is 4.88. The second-order valence-corrected chi connectivity index (χ2v) is 6.41. The number of hydrogen-bond acceptors (Lipinski definition) is 6. The summed E-state index contributed by atoms with van der Waals surface area (Å²) in [6, 6.07) is 8.44. The van der Waals surface area contributed by atoms with Gasteiger partial charge in [0, 0.05) is 13.1 Å². The van der Waals surface area contributed by atoms with Crippen LogP contribution in [-0.2, 0) is 16.0 Å². The number of amides is 3. The highest BCUT2D eigenvalue weighted by molar-refractivity contribution is 5.94. The van der Waals surface area contributed by atoms with Crippen LogP contribution in [0.2, 0.25) is 0 Å². The molecular weight excluding hydrogens is 366 g/mol. The van der Waals surface area contributed by atoms with Crippen LogP contribution in [0.1, 0.15) is 22.5 Å². The van der Waals surface area contributed by atoms with Gasteiger partial charge in [-0.25, -0.2) is 5.01 Å². The Balaban J connectivity index is 1.35. The van der Waals surface area contributed by atoms with E-state index in [1.807, 2.05) is 0 Å². The van der Waals surface area contributed by atoms with Gasteiger partial charge in [0.1, 0.15) is 0 Å². The molecule has 2 aliphatic heterocycles. The maximum Gasteiger partial charge on any atom is 0.287 e. The van der Waals surface area contributed by atoms with Gasteiger partial charge in [0.2, 0.25) is 12.7 Å². The van der Waals surface area contributed by atoms with Crippen LogP contribution in [0.5, 0.6) is 11.5 Å². The summed E-state index contributed by atoms with van der Waals surface area (Å²) in [5.74, 6) is 0.376. The molecular formula is C19H19N3O6. The molecule has 1 aromatic carbocycles. The van der Waals surface area contributed by atoms with E-state index >= 15 is 0 Å². The first-order valence-corrected chi connectivity index (χ1v) is 8.93. The number of hydrogen-bond donors (Lipinski definition) is 1. The molecule has 28 heavy (non-hydrogen) atoms. The number of nitrogens with zero attached hydrogens (tertiary/aromatic N) is 2. The fraction of sp³-hybridized carbons (Fsp3) is 0.316. The van der Waals surface area contributed by atoms with E-state index in [0.29, 0.717) is 31.0 Å². The SMILES string of the molecule is O=C(NCC(=O)N1CCCN1C(=O)Cc1ccc2c(c1)OCO2)c1ccco1. The third-order valence-corrected chi connectivity index (χ3v) is 4.54. The predicted octanol–water partition coefficient (Wildman–Crippen LogP) is 0.957. The van der Waals surface area contributed by atoms with Crippen molar-refractivity contribution in [2.24, 2.45) is 0 Å². The van der Waals surface area contributed by atoms with Crippen LogP contribution in [-0.4, -0.2) is 54.2 Å². The number of furan rings is 1. The number of fused-ring (bicyclic) bond motifs is 1. The minimum Gasteiger partial charge on any atom is -0.459 e. The van der Waals surface area contributed by atoms with E-state index < -0.39 is 5.91 Å². The van der Waals surface area contributed by atoms with Crippen molar-refractivity contribution in [3.63, 3.8) is 0 Å². The highest BCUT2D eigenvalue weighted by atomic mass is 16.7. The number of nitrogens with one attached hydrogen (secondary N) is 1. The minimum absolute atomic E-state index is 0.130. The van der Waals surface area contributed by atoms with Crippen LogP contribution < -0.4 is 14.8 Å². The summed E-state index contributed by atoms with van der Waals surface area (Å²) in [6.45, 7) is 0.849. The lowest BCUT2D eigenvalue weighted by molar-refractivity contribution is -0.156. The van der Waals surface area contributed by atoms with Gasteiger partial charge in [-0.3, -0.25) is 19.4 Å². The van der Waals surface area contributed by atoms with Crippen LogP contribution in [0, 0.1) is 0 Å². The molecule has 0 saturated carbocycles. The topological polar surface area (TPSA) is 101 Å². The van der Waals surface area contributed by atoms with Crippen molar-refractivity contribution in [1.82, 2.24) is 15.3 Å².